The van der Waals surface area contributed by atoms with Crippen molar-refractivity contribution in [2.45, 2.75) is 39.2 Å². The highest BCUT2D eigenvalue weighted by Gasteiger charge is 2.06. The van der Waals surface area contributed by atoms with Gasteiger partial charge < -0.3 is 4.74 Å². The Labute approximate surface area is 106 Å². The molecular formula is C13H17NO4. The number of aryl methyl sites for hydroxylation is 1. The van der Waals surface area contributed by atoms with Crippen LogP contribution < -0.4 is 0 Å². The van der Waals surface area contributed by atoms with E-state index < -0.39 is 4.92 Å². The van der Waals surface area contributed by atoms with Crippen LogP contribution >= 0.6 is 0 Å². The molecule has 0 unspecified atom stereocenters. The first kappa shape index (κ1) is 14.2. The lowest BCUT2D eigenvalue weighted by molar-refractivity contribution is -0.384. The van der Waals surface area contributed by atoms with Crippen LogP contribution in [0.2, 0.25) is 0 Å². The van der Waals surface area contributed by atoms with E-state index in [1.54, 1.807) is 12.1 Å². The Morgan fingerprint density at radius 3 is 2.44 bits per heavy atom. The van der Waals surface area contributed by atoms with Gasteiger partial charge in [-0.25, -0.2) is 0 Å². The minimum Gasteiger partial charge on any atom is -0.463 e. The summed E-state index contributed by atoms with van der Waals surface area (Å²) < 4.78 is 5.01. The van der Waals surface area contributed by atoms with E-state index in [9.17, 15) is 14.9 Å². The molecule has 0 aliphatic rings. The van der Waals surface area contributed by atoms with Crippen molar-refractivity contribution in [3.63, 3.8) is 0 Å². The van der Waals surface area contributed by atoms with Crippen LogP contribution in [0.4, 0.5) is 5.69 Å². The van der Waals surface area contributed by atoms with Gasteiger partial charge in [-0.1, -0.05) is 12.1 Å². The first-order valence-corrected chi connectivity index (χ1v) is 5.92. The minimum atomic E-state index is -0.427. The topological polar surface area (TPSA) is 69.4 Å². The van der Waals surface area contributed by atoms with E-state index in [1.165, 1.54) is 12.1 Å². The van der Waals surface area contributed by atoms with Gasteiger partial charge in [0.1, 0.15) is 0 Å². The molecule has 0 bridgehead atoms. The number of hydrogen-bond donors (Lipinski definition) is 0. The van der Waals surface area contributed by atoms with Crippen LogP contribution in [0.15, 0.2) is 24.3 Å². The normalized spacial score (nSPS) is 10.4. The molecule has 5 heteroatoms. The second kappa shape index (κ2) is 6.74. The Morgan fingerprint density at radius 1 is 1.33 bits per heavy atom. The zero-order valence-corrected chi connectivity index (χ0v) is 10.6. The summed E-state index contributed by atoms with van der Waals surface area (Å²) >= 11 is 0. The quantitative estimate of drug-likeness (QED) is 0.443. The van der Waals surface area contributed by atoms with Crippen molar-refractivity contribution < 1.29 is 14.5 Å². The third kappa shape index (κ3) is 4.95. The summed E-state index contributed by atoms with van der Waals surface area (Å²) in [5.41, 5.74) is 1.07. The molecule has 0 saturated carbocycles. The zero-order valence-electron chi connectivity index (χ0n) is 10.6. The van der Waals surface area contributed by atoms with E-state index in [-0.39, 0.29) is 17.8 Å². The summed E-state index contributed by atoms with van der Waals surface area (Å²) in [7, 11) is 0. The van der Waals surface area contributed by atoms with Gasteiger partial charge in [0.2, 0.25) is 0 Å². The van der Waals surface area contributed by atoms with Crippen molar-refractivity contribution in [1.29, 1.82) is 0 Å². The molecule has 0 aliphatic carbocycles. The molecule has 0 saturated heterocycles. The van der Waals surface area contributed by atoms with Crippen LogP contribution in [0.1, 0.15) is 32.3 Å². The first-order valence-electron chi connectivity index (χ1n) is 5.92. The number of benzene rings is 1. The average Bonchev–Trinajstić information content (AvgIpc) is 2.28. The standard InChI is InChI=1S/C13H17NO4/c1-10(2)18-13(15)5-3-4-11-6-8-12(9-7-11)14(16)17/h6-10H,3-5H2,1-2H3. The molecule has 98 valence electrons. The van der Waals surface area contributed by atoms with Crippen LogP contribution in [0.3, 0.4) is 0 Å². The number of nitrogens with zero attached hydrogens (tertiary/aromatic N) is 1. The molecule has 0 fully saturated rings. The van der Waals surface area contributed by atoms with Crippen molar-refractivity contribution >= 4 is 11.7 Å². The molecule has 0 atom stereocenters. The molecule has 1 aromatic carbocycles. The molecule has 0 heterocycles. The van der Waals surface area contributed by atoms with E-state index in [0.717, 1.165) is 5.56 Å². The average molecular weight is 251 g/mol. The third-order valence-corrected chi connectivity index (χ3v) is 2.36. The SMILES string of the molecule is CC(C)OC(=O)CCCc1ccc([N+](=O)[O-])cc1. The van der Waals surface area contributed by atoms with Gasteiger partial charge in [-0.3, -0.25) is 14.9 Å². The lowest BCUT2D eigenvalue weighted by Gasteiger charge is -2.07. The number of carbonyl (C=O) groups is 1. The van der Waals surface area contributed by atoms with E-state index in [1.807, 2.05) is 13.8 Å². The number of nitro groups is 1. The van der Waals surface area contributed by atoms with Gasteiger partial charge in [-0.2, -0.15) is 0 Å². The summed E-state index contributed by atoms with van der Waals surface area (Å²) in [5.74, 6) is -0.202. The molecule has 18 heavy (non-hydrogen) atoms. The minimum absolute atomic E-state index is 0.0815. The molecule has 0 spiro atoms. The second-order valence-electron chi connectivity index (χ2n) is 4.32. The first-order chi connectivity index (χ1) is 8.49. The van der Waals surface area contributed by atoms with E-state index in [4.69, 9.17) is 4.74 Å². The number of hydrogen-bond acceptors (Lipinski definition) is 4. The van der Waals surface area contributed by atoms with Crippen molar-refractivity contribution in [2.75, 3.05) is 0 Å². The lowest BCUT2D eigenvalue weighted by Crippen LogP contribution is -2.11. The highest BCUT2D eigenvalue weighted by molar-refractivity contribution is 5.69. The predicted octanol–water partition coefficient (Wildman–Crippen LogP) is 2.87. The highest BCUT2D eigenvalue weighted by Crippen LogP contribution is 2.13. The molecular weight excluding hydrogens is 234 g/mol. The lowest BCUT2D eigenvalue weighted by atomic mass is 10.1. The highest BCUT2D eigenvalue weighted by atomic mass is 16.6. The Balaban J connectivity index is 2.35. The van der Waals surface area contributed by atoms with Gasteiger partial charge in [-0.05, 0) is 32.3 Å². The molecule has 0 radical (unpaired) electrons. The monoisotopic (exact) mass is 251 g/mol. The van der Waals surface area contributed by atoms with Crippen LogP contribution in [-0.4, -0.2) is 17.0 Å². The Morgan fingerprint density at radius 2 is 1.94 bits per heavy atom. The molecule has 0 aromatic heterocycles. The predicted molar refractivity (Wildman–Crippen MR) is 67.3 cm³/mol. The summed E-state index contributed by atoms with van der Waals surface area (Å²) in [4.78, 5) is 21.3. The fourth-order valence-electron chi connectivity index (χ4n) is 1.54. The van der Waals surface area contributed by atoms with Crippen molar-refractivity contribution in [3.8, 4) is 0 Å². The zero-order chi connectivity index (χ0) is 13.5. The maximum atomic E-state index is 11.3. The van der Waals surface area contributed by atoms with Gasteiger partial charge >= 0.3 is 5.97 Å². The Hall–Kier alpha value is -1.91. The van der Waals surface area contributed by atoms with Gasteiger partial charge in [0.25, 0.3) is 5.69 Å². The maximum absolute atomic E-state index is 11.3. The fourth-order valence-corrected chi connectivity index (χ4v) is 1.54. The molecule has 0 amide bonds. The van der Waals surface area contributed by atoms with E-state index in [0.29, 0.717) is 19.3 Å². The number of ether oxygens (including phenoxy) is 1. The summed E-state index contributed by atoms with van der Waals surface area (Å²) in [6, 6.07) is 6.38. The van der Waals surface area contributed by atoms with Gasteiger partial charge in [0.05, 0.1) is 11.0 Å². The van der Waals surface area contributed by atoms with Crippen molar-refractivity contribution in [2.24, 2.45) is 0 Å². The van der Waals surface area contributed by atoms with Gasteiger partial charge in [0, 0.05) is 18.6 Å². The van der Waals surface area contributed by atoms with Crippen LogP contribution in [-0.2, 0) is 16.0 Å². The molecule has 1 aromatic rings. The number of esters is 1. The molecule has 5 nitrogen and oxygen atoms in total. The van der Waals surface area contributed by atoms with E-state index in [2.05, 4.69) is 0 Å². The molecule has 0 aliphatic heterocycles. The van der Waals surface area contributed by atoms with Gasteiger partial charge in [-0.15, -0.1) is 0 Å². The maximum Gasteiger partial charge on any atom is 0.306 e. The number of non-ortho nitro benzene ring substituents is 1. The smallest absolute Gasteiger partial charge is 0.306 e. The third-order valence-electron chi connectivity index (χ3n) is 2.36. The molecule has 1 rings (SSSR count). The van der Waals surface area contributed by atoms with Crippen LogP contribution in [0, 0.1) is 10.1 Å². The van der Waals surface area contributed by atoms with Crippen LogP contribution in [0.25, 0.3) is 0 Å². The molecule has 0 N–H and O–H groups in total. The Kier molecular flexibility index (Phi) is 5.30. The fraction of sp³-hybridized carbons (Fsp3) is 0.462. The largest absolute Gasteiger partial charge is 0.463 e. The summed E-state index contributed by atoms with van der Waals surface area (Å²) in [6.45, 7) is 3.63. The second-order valence-corrected chi connectivity index (χ2v) is 4.32. The van der Waals surface area contributed by atoms with Crippen LogP contribution in [0.5, 0.6) is 0 Å². The van der Waals surface area contributed by atoms with Crippen molar-refractivity contribution in [3.05, 3.63) is 39.9 Å². The summed E-state index contributed by atoms with van der Waals surface area (Å²) in [5, 5.41) is 10.5. The number of nitro benzene ring substituents is 1. The van der Waals surface area contributed by atoms with Gasteiger partial charge in [0.15, 0.2) is 0 Å². The summed E-state index contributed by atoms with van der Waals surface area (Å²) in [6.07, 6.45) is 1.68. The number of rotatable bonds is 6. The van der Waals surface area contributed by atoms with E-state index >= 15 is 0 Å². The number of carbonyl (C=O) groups excluding carboxylic acids is 1. The van der Waals surface area contributed by atoms with Crippen molar-refractivity contribution in [1.82, 2.24) is 0 Å². The Bertz CT molecular complexity index is 412.